The summed E-state index contributed by atoms with van der Waals surface area (Å²) in [6, 6.07) is 13.3. The number of halogens is 3. The molecule has 3 aromatic carbocycles. The number of nitrogens with zero attached hydrogens (tertiary/aromatic N) is 4. The summed E-state index contributed by atoms with van der Waals surface area (Å²) in [6.45, 7) is 7.79. The number of aryl methyl sites for hydroxylation is 2. The summed E-state index contributed by atoms with van der Waals surface area (Å²) in [6.07, 6.45) is 1.75. The number of carbonyl (C=O) groups excluding carboxylic acids is 1. The Labute approximate surface area is 250 Å². The Bertz CT molecular complexity index is 1540. The van der Waals surface area contributed by atoms with E-state index in [0.29, 0.717) is 11.1 Å². The quantitative estimate of drug-likeness (QED) is 0.379. The Kier molecular flexibility index (Phi) is 8.83. The van der Waals surface area contributed by atoms with E-state index in [0.717, 1.165) is 66.1 Å². The highest BCUT2D eigenvalue weighted by Crippen LogP contribution is 2.32. The van der Waals surface area contributed by atoms with E-state index in [9.17, 15) is 28.3 Å². The Balaban J connectivity index is 1.30. The third-order valence-electron chi connectivity index (χ3n) is 8.68. The van der Waals surface area contributed by atoms with Crippen LogP contribution in [0.25, 0.3) is 0 Å². The lowest BCUT2D eigenvalue weighted by Crippen LogP contribution is -2.56. The molecule has 0 aromatic heterocycles. The lowest BCUT2D eigenvalue weighted by molar-refractivity contribution is 0.0697. The molecule has 3 aromatic rings. The molecule has 0 spiro atoms. The molecule has 2 N–H and O–H groups in total. The van der Waals surface area contributed by atoms with Gasteiger partial charge < -0.3 is 25.1 Å². The van der Waals surface area contributed by atoms with Crippen molar-refractivity contribution in [3.8, 4) is 6.07 Å². The molecule has 1 amide bonds. The third-order valence-corrected chi connectivity index (χ3v) is 8.68. The van der Waals surface area contributed by atoms with E-state index in [1.807, 2.05) is 51.1 Å². The Morgan fingerprint density at radius 2 is 1.67 bits per heavy atom. The van der Waals surface area contributed by atoms with Crippen molar-refractivity contribution in [1.29, 1.82) is 5.26 Å². The summed E-state index contributed by atoms with van der Waals surface area (Å²) in [5.74, 6) is -4.30. The van der Waals surface area contributed by atoms with Crippen LogP contribution >= 0.6 is 0 Å². The maximum absolute atomic E-state index is 13.9. The molecule has 2 aliphatic heterocycles. The highest BCUT2D eigenvalue weighted by atomic mass is 19.2. The Morgan fingerprint density at radius 3 is 2.33 bits per heavy atom. The fourth-order valence-corrected chi connectivity index (χ4v) is 6.45. The van der Waals surface area contributed by atoms with Crippen LogP contribution in [0.3, 0.4) is 0 Å². The van der Waals surface area contributed by atoms with Crippen molar-refractivity contribution >= 4 is 23.0 Å². The van der Waals surface area contributed by atoms with Gasteiger partial charge in [-0.1, -0.05) is 18.2 Å². The minimum atomic E-state index is -1.54. The fraction of sp³-hybridized carbons (Fsp3) is 0.394. The lowest BCUT2D eigenvalue weighted by atomic mass is 9.94. The van der Waals surface area contributed by atoms with Crippen molar-refractivity contribution in [1.82, 2.24) is 4.90 Å². The number of aliphatic hydroxyl groups is 1. The molecule has 2 fully saturated rings. The molecule has 2 heterocycles. The molecule has 5 rings (SSSR count). The van der Waals surface area contributed by atoms with Crippen LogP contribution < -0.4 is 15.1 Å². The van der Waals surface area contributed by atoms with Gasteiger partial charge in [0.15, 0.2) is 17.5 Å². The number of carbonyl (C=O) groups is 1. The molecule has 2 saturated heterocycles. The first-order chi connectivity index (χ1) is 20.6. The molecule has 226 valence electrons. The molecule has 43 heavy (non-hydrogen) atoms. The van der Waals surface area contributed by atoms with Crippen molar-refractivity contribution in [3.05, 3.63) is 87.7 Å². The van der Waals surface area contributed by atoms with Gasteiger partial charge in [0, 0.05) is 67.8 Å². The molecule has 7 nitrogen and oxygen atoms in total. The van der Waals surface area contributed by atoms with E-state index >= 15 is 0 Å². The number of hydrogen-bond donors (Lipinski definition) is 2. The van der Waals surface area contributed by atoms with Crippen molar-refractivity contribution < 1.29 is 23.1 Å². The molecule has 1 atom stereocenters. The van der Waals surface area contributed by atoms with Gasteiger partial charge in [0.25, 0.3) is 5.91 Å². The van der Waals surface area contributed by atoms with E-state index in [4.69, 9.17) is 0 Å². The fourth-order valence-electron chi connectivity index (χ4n) is 6.45. The average Bonchev–Trinajstić information content (AvgIpc) is 3.01. The lowest BCUT2D eigenvalue weighted by Gasteiger charge is -2.42. The molecule has 10 heteroatoms. The second-order valence-corrected chi connectivity index (χ2v) is 11.4. The molecule has 0 unspecified atom stereocenters. The largest absolute Gasteiger partial charge is 0.394 e. The number of piperidine rings is 1. The standard InChI is InChI=1S/C33H36F3N5O2/c1-20-14-21(2)32(38-24-8-10-39(11-9-24)29-7-5-4-6-23(29)17-37)22(3)30(20)33(43)40-12-13-41(26(18-40)19-42)25-15-27(34)31(36)28(35)16-25/h4-7,14-16,24,26,38,42H,8-13,18-19H2,1-3H3/t26-/m0/s1. The van der Waals surface area contributed by atoms with Gasteiger partial charge >= 0.3 is 0 Å². The number of nitrogens with one attached hydrogen (secondary N) is 1. The second kappa shape index (κ2) is 12.6. The van der Waals surface area contributed by atoms with Gasteiger partial charge in [0.1, 0.15) is 6.07 Å². The van der Waals surface area contributed by atoms with Crippen molar-refractivity contribution in [2.75, 3.05) is 54.4 Å². The zero-order valence-corrected chi connectivity index (χ0v) is 24.6. The molecule has 0 aliphatic carbocycles. The summed E-state index contributed by atoms with van der Waals surface area (Å²) in [7, 11) is 0. The van der Waals surface area contributed by atoms with Crippen molar-refractivity contribution in [2.45, 2.75) is 45.7 Å². The average molecular weight is 592 g/mol. The molecule has 2 aliphatic rings. The van der Waals surface area contributed by atoms with Gasteiger partial charge in [0.2, 0.25) is 0 Å². The Morgan fingerprint density at radius 1 is 1.00 bits per heavy atom. The molecule has 0 bridgehead atoms. The monoisotopic (exact) mass is 591 g/mol. The minimum Gasteiger partial charge on any atom is -0.394 e. The van der Waals surface area contributed by atoms with Gasteiger partial charge in [-0.2, -0.15) is 5.26 Å². The first-order valence-corrected chi connectivity index (χ1v) is 14.6. The number of hydrogen-bond acceptors (Lipinski definition) is 6. The zero-order chi connectivity index (χ0) is 30.8. The van der Waals surface area contributed by atoms with E-state index in [2.05, 4.69) is 16.3 Å². The number of anilines is 3. The van der Waals surface area contributed by atoms with Gasteiger partial charge in [0.05, 0.1) is 23.9 Å². The molecule has 0 saturated carbocycles. The van der Waals surface area contributed by atoms with Gasteiger partial charge in [-0.3, -0.25) is 4.79 Å². The van der Waals surface area contributed by atoms with Crippen LogP contribution in [0.15, 0.2) is 42.5 Å². The predicted molar refractivity (Wildman–Crippen MR) is 161 cm³/mol. The normalized spacial score (nSPS) is 17.6. The summed E-state index contributed by atoms with van der Waals surface area (Å²) >= 11 is 0. The summed E-state index contributed by atoms with van der Waals surface area (Å²) in [5.41, 5.74) is 6.01. The van der Waals surface area contributed by atoms with Gasteiger partial charge in [-0.25, -0.2) is 13.2 Å². The molecular weight excluding hydrogens is 555 g/mol. The SMILES string of the molecule is Cc1cc(C)c(C(=O)N2CCN(c3cc(F)c(F)c(F)c3)[C@H](CO)C2)c(C)c1NC1CCN(c2ccccc2C#N)CC1. The van der Waals surface area contributed by atoms with E-state index in [1.165, 1.54) is 0 Å². The van der Waals surface area contributed by atoms with Gasteiger partial charge in [-0.15, -0.1) is 0 Å². The smallest absolute Gasteiger partial charge is 0.254 e. The number of rotatable bonds is 6. The number of amides is 1. The van der Waals surface area contributed by atoms with Crippen LogP contribution in [0.5, 0.6) is 0 Å². The highest BCUT2D eigenvalue weighted by Gasteiger charge is 2.33. The molecular formula is C33H36F3N5O2. The van der Waals surface area contributed by atoms with Crippen LogP contribution in [0.2, 0.25) is 0 Å². The Hall–Kier alpha value is -4.23. The minimum absolute atomic E-state index is 0.124. The maximum atomic E-state index is 13.9. The van der Waals surface area contributed by atoms with Gasteiger partial charge in [-0.05, 0) is 62.4 Å². The summed E-state index contributed by atoms with van der Waals surface area (Å²) < 4.78 is 41.4. The first-order valence-electron chi connectivity index (χ1n) is 14.6. The highest BCUT2D eigenvalue weighted by molar-refractivity contribution is 5.99. The summed E-state index contributed by atoms with van der Waals surface area (Å²) in [5, 5.41) is 23.3. The van der Waals surface area contributed by atoms with Crippen LogP contribution in [0.1, 0.15) is 45.5 Å². The van der Waals surface area contributed by atoms with Crippen molar-refractivity contribution in [3.63, 3.8) is 0 Å². The summed E-state index contributed by atoms with van der Waals surface area (Å²) in [4.78, 5) is 19.4. The number of piperazine rings is 1. The number of benzene rings is 3. The molecule has 0 radical (unpaired) electrons. The number of nitriles is 1. The topological polar surface area (TPSA) is 82.8 Å². The van der Waals surface area contributed by atoms with Crippen LogP contribution in [-0.2, 0) is 0 Å². The van der Waals surface area contributed by atoms with E-state index in [-0.39, 0.29) is 43.9 Å². The third kappa shape index (κ3) is 6.00. The number of para-hydroxylation sites is 1. The van der Waals surface area contributed by atoms with Crippen LogP contribution in [-0.4, -0.2) is 67.3 Å². The number of aliphatic hydroxyl groups excluding tert-OH is 1. The predicted octanol–water partition coefficient (Wildman–Crippen LogP) is 5.31. The first kappa shape index (κ1) is 30.2. The van der Waals surface area contributed by atoms with E-state index < -0.39 is 23.5 Å². The van der Waals surface area contributed by atoms with Crippen molar-refractivity contribution in [2.24, 2.45) is 0 Å². The second-order valence-electron chi connectivity index (χ2n) is 11.4. The van der Waals surface area contributed by atoms with E-state index in [1.54, 1.807) is 9.80 Å². The van der Waals surface area contributed by atoms with Crippen LogP contribution in [0.4, 0.5) is 30.2 Å². The van der Waals surface area contributed by atoms with Crippen LogP contribution in [0, 0.1) is 49.6 Å². The maximum Gasteiger partial charge on any atom is 0.254 e. The zero-order valence-electron chi connectivity index (χ0n) is 24.6.